The standard InChI is InChI=1S/C13H22N2/c1-9(2)12-14-11-10(15(12)5)7-6-8-13(11,3)4/h9H,6-8H2,1-5H3. The van der Waals surface area contributed by atoms with Gasteiger partial charge >= 0.3 is 0 Å². The van der Waals surface area contributed by atoms with Crippen LogP contribution in [0.25, 0.3) is 0 Å². The number of aromatic nitrogens is 2. The molecule has 15 heavy (non-hydrogen) atoms. The Morgan fingerprint density at radius 2 is 2.00 bits per heavy atom. The Bertz CT molecular complexity index is 372. The highest BCUT2D eigenvalue weighted by molar-refractivity contribution is 5.28. The monoisotopic (exact) mass is 206 g/mol. The van der Waals surface area contributed by atoms with Crippen molar-refractivity contribution in [1.29, 1.82) is 0 Å². The maximum atomic E-state index is 4.87. The van der Waals surface area contributed by atoms with Crippen LogP contribution >= 0.6 is 0 Å². The minimum atomic E-state index is 0.276. The molecule has 0 radical (unpaired) electrons. The molecule has 1 aromatic rings. The molecule has 0 spiro atoms. The fraction of sp³-hybridized carbons (Fsp3) is 0.769. The summed E-state index contributed by atoms with van der Waals surface area (Å²) in [5, 5.41) is 0. The Morgan fingerprint density at radius 3 is 2.53 bits per heavy atom. The molecular formula is C13H22N2. The Labute approximate surface area is 92.7 Å². The van der Waals surface area contributed by atoms with Crippen LogP contribution in [0.2, 0.25) is 0 Å². The minimum absolute atomic E-state index is 0.276. The summed E-state index contributed by atoms with van der Waals surface area (Å²) in [5.41, 5.74) is 3.09. The van der Waals surface area contributed by atoms with Crippen LogP contribution in [-0.4, -0.2) is 9.55 Å². The summed E-state index contributed by atoms with van der Waals surface area (Å²) in [4.78, 5) is 4.87. The lowest BCUT2D eigenvalue weighted by Gasteiger charge is -2.28. The third-order valence-corrected chi connectivity index (χ3v) is 3.62. The summed E-state index contributed by atoms with van der Waals surface area (Å²) < 4.78 is 2.32. The predicted molar refractivity (Wildman–Crippen MR) is 63.3 cm³/mol. The Hall–Kier alpha value is -0.790. The highest BCUT2D eigenvalue weighted by Crippen LogP contribution is 2.37. The Balaban J connectivity index is 2.55. The number of fused-ring (bicyclic) bond motifs is 1. The van der Waals surface area contributed by atoms with E-state index in [2.05, 4.69) is 39.3 Å². The summed E-state index contributed by atoms with van der Waals surface area (Å²) in [6.07, 6.45) is 3.78. The van der Waals surface area contributed by atoms with Gasteiger partial charge in [-0.15, -0.1) is 0 Å². The van der Waals surface area contributed by atoms with Crippen LogP contribution in [0.4, 0.5) is 0 Å². The van der Waals surface area contributed by atoms with Gasteiger partial charge in [0, 0.05) is 24.1 Å². The van der Waals surface area contributed by atoms with E-state index in [1.54, 1.807) is 0 Å². The van der Waals surface area contributed by atoms with Crippen molar-refractivity contribution in [2.45, 2.75) is 58.3 Å². The number of imidazole rings is 1. The van der Waals surface area contributed by atoms with Crippen LogP contribution in [0.3, 0.4) is 0 Å². The first kappa shape index (κ1) is 10.7. The molecular weight excluding hydrogens is 184 g/mol. The third kappa shape index (κ3) is 1.60. The molecule has 2 heteroatoms. The molecule has 84 valence electrons. The van der Waals surface area contributed by atoms with Gasteiger partial charge < -0.3 is 4.57 Å². The molecule has 0 atom stereocenters. The highest BCUT2D eigenvalue weighted by Gasteiger charge is 2.32. The molecule has 0 saturated heterocycles. The van der Waals surface area contributed by atoms with Crippen LogP contribution < -0.4 is 0 Å². The fourth-order valence-electron chi connectivity index (χ4n) is 2.71. The van der Waals surface area contributed by atoms with Gasteiger partial charge in [-0.2, -0.15) is 0 Å². The zero-order valence-electron chi connectivity index (χ0n) is 10.6. The van der Waals surface area contributed by atoms with Crippen molar-refractivity contribution in [3.63, 3.8) is 0 Å². The van der Waals surface area contributed by atoms with Crippen molar-refractivity contribution in [3.8, 4) is 0 Å². The van der Waals surface area contributed by atoms with E-state index < -0.39 is 0 Å². The topological polar surface area (TPSA) is 17.8 Å². The van der Waals surface area contributed by atoms with E-state index in [9.17, 15) is 0 Å². The Morgan fingerprint density at radius 1 is 1.33 bits per heavy atom. The van der Waals surface area contributed by atoms with Crippen molar-refractivity contribution < 1.29 is 0 Å². The minimum Gasteiger partial charge on any atom is -0.335 e. The van der Waals surface area contributed by atoms with E-state index in [0.717, 1.165) is 0 Å². The Kier molecular flexibility index (Phi) is 2.40. The molecule has 1 aromatic heterocycles. The normalized spacial score (nSPS) is 19.3. The van der Waals surface area contributed by atoms with Crippen molar-refractivity contribution in [2.24, 2.45) is 7.05 Å². The molecule has 1 aliphatic carbocycles. The average Bonchev–Trinajstić information content (AvgIpc) is 2.45. The van der Waals surface area contributed by atoms with Crippen LogP contribution in [0.15, 0.2) is 0 Å². The summed E-state index contributed by atoms with van der Waals surface area (Å²) >= 11 is 0. The molecule has 1 heterocycles. The summed E-state index contributed by atoms with van der Waals surface area (Å²) in [7, 11) is 2.17. The lowest BCUT2D eigenvalue weighted by molar-refractivity contribution is 0.416. The molecule has 0 bridgehead atoms. The molecule has 0 aliphatic heterocycles. The van der Waals surface area contributed by atoms with E-state index in [4.69, 9.17) is 4.98 Å². The van der Waals surface area contributed by atoms with Gasteiger partial charge in [0.25, 0.3) is 0 Å². The molecule has 0 unspecified atom stereocenters. The van der Waals surface area contributed by atoms with E-state index in [1.165, 1.54) is 36.5 Å². The maximum absolute atomic E-state index is 4.87. The van der Waals surface area contributed by atoms with Gasteiger partial charge in [-0.1, -0.05) is 27.7 Å². The molecule has 2 rings (SSSR count). The van der Waals surface area contributed by atoms with Gasteiger partial charge in [0.2, 0.25) is 0 Å². The van der Waals surface area contributed by atoms with Crippen molar-refractivity contribution in [2.75, 3.05) is 0 Å². The zero-order chi connectivity index (χ0) is 11.2. The maximum Gasteiger partial charge on any atom is 0.111 e. The van der Waals surface area contributed by atoms with Crippen LogP contribution in [0.1, 0.15) is 63.7 Å². The number of hydrogen-bond acceptors (Lipinski definition) is 1. The lowest BCUT2D eigenvalue weighted by atomic mass is 9.78. The zero-order valence-corrected chi connectivity index (χ0v) is 10.6. The summed E-state index contributed by atoms with van der Waals surface area (Å²) in [6.45, 7) is 9.09. The van der Waals surface area contributed by atoms with E-state index in [0.29, 0.717) is 5.92 Å². The fourth-order valence-corrected chi connectivity index (χ4v) is 2.71. The van der Waals surface area contributed by atoms with Gasteiger partial charge in [-0.3, -0.25) is 0 Å². The smallest absolute Gasteiger partial charge is 0.111 e. The predicted octanol–water partition coefficient (Wildman–Crippen LogP) is 3.16. The van der Waals surface area contributed by atoms with Crippen molar-refractivity contribution in [1.82, 2.24) is 9.55 Å². The van der Waals surface area contributed by atoms with E-state index >= 15 is 0 Å². The van der Waals surface area contributed by atoms with Crippen molar-refractivity contribution >= 4 is 0 Å². The van der Waals surface area contributed by atoms with Crippen molar-refractivity contribution in [3.05, 3.63) is 17.2 Å². The van der Waals surface area contributed by atoms with Crippen LogP contribution in [-0.2, 0) is 18.9 Å². The second-order valence-corrected chi connectivity index (χ2v) is 5.72. The lowest BCUT2D eigenvalue weighted by Crippen LogP contribution is -2.24. The van der Waals surface area contributed by atoms with Gasteiger partial charge in [-0.25, -0.2) is 4.98 Å². The van der Waals surface area contributed by atoms with Gasteiger partial charge in [0.1, 0.15) is 5.82 Å². The molecule has 1 aliphatic rings. The highest BCUT2D eigenvalue weighted by atomic mass is 15.1. The van der Waals surface area contributed by atoms with Gasteiger partial charge in [0.05, 0.1) is 5.69 Å². The first-order chi connectivity index (χ1) is 6.93. The summed E-state index contributed by atoms with van der Waals surface area (Å²) in [5.74, 6) is 1.77. The summed E-state index contributed by atoms with van der Waals surface area (Å²) in [6, 6.07) is 0. The first-order valence-electron chi connectivity index (χ1n) is 5.99. The largest absolute Gasteiger partial charge is 0.335 e. The molecule has 0 aromatic carbocycles. The number of hydrogen-bond donors (Lipinski definition) is 0. The molecule has 2 nitrogen and oxygen atoms in total. The van der Waals surface area contributed by atoms with Gasteiger partial charge in [-0.05, 0) is 19.3 Å². The van der Waals surface area contributed by atoms with Crippen LogP contribution in [0.5, 0.6) is 0 Å². The average molecular weight is 206 g/mol. The van der Waals surface area contributed by atoms with E-state index in [-0.39, 0.29) is 5.41 Å². The first-order valence-corrected chi connectivity index (χ1v) is 5.99. The number of rotatable bonds is 1. The molecule has 0 amide bonds. The van der Waals surface area contributed by atoms with Crippen LogP contribution in [0, 0.1) is 0 Å². The second kappa shape index (κ2) is 3.36. The third-order valence-electron chi connectivity index (χ3n) is 3.62. The molecule has 0 fully saturated rings. The van der Waals surface area contributed by atoms with Gasteiger partial charge in [0.15, 0.2) is 0 Å². The SMILES string of the molecule is CC(C)c1nc2c(n1C)CCCC2(C)C. The van der Waals surface area contributed by atoms with E-state index in [1.807, 2.05) is 0 Å². The quantitative estimate of drug-likeness (QED) is 0.690. The second-order valence-electron chi connectivity index (χ2n) is 5.72. The molecule has 0 saturated carbocycles. The molecule has 0 N–H and O–H groups in total. The number of nitrogens with zero attached hydrogens (tertiary/aromatic N) is 2.